The molecule has 0 spiro atoms. The third-order valence-electron chi connectivity index (χ3n) is 4.00. The predicted molar refractivity (Wildman–Crippen MR) is 58.7 cm³/mol. The van der Waals surface area contributed by atoms with Gasteiger partial charge >= 0.3 is 0 Å². The lowest BCUT2D eigenvalue weighted by Gasteiger charge is -2.38. The van der Waals surface area contributed by atoms with Crippen molar-refractivity contribution in [1.82, 2.24) is 0 Å². The monoisotopic (exact) mass is 183 g/mol. The van der Waals surface area contributed by atoms with Crippen molar-refractivity contribution in [3.8, 4) is 0 Å². The number of unbranched alkanes of at least 4 members (excludes halogenated alkanes) is 2. The third kappa shape index (κ3) is 2.25. The Morgan fingerprint density at radius 1 is 1.15 bits per heavy atom. The average Bonchev–Trinajstić information content (AvgIpc) is 2.28. The van der Waals surface area contributed by atoms with Gasteiger partial charge in [-0.1, -0.05) is 46.5 Å². The Hall–Kier alpha value is -0.0400. The number of rotatable bonds is 4. The van der Waals surface area contributed by atoms with Gasteiger partial charge in [-0.25, -0.2) is 0 Å². The van der Waals surface area contributed by atoms with Crippen molar-refractivity contribution in [2.45, 2.75) is 71.3 Å². The van der Waals surface area contributed by atoms with Crippen molar-refractivity contribution in [3.63, 3.8) is 0 Å². The van der Waals surface area contributed by atoms with Crippen LogP contribution in [0.2, 0.25) is 0 Å². The predicted octanol–water partition coefficient (Wildman–Crippen LogP) is 3.47. The van der Waals surface area contributed by atoms with Crippen LogP contribution < -0.4 is 5.73 Å². The summed E-state index contributed by atoms with van der Waals surface area (Å²) in [4.78, 5) is 0. The first-order chi connectivity index (χ1) is 6.02. The van der Waals surface area contributed by atoms with E-state index < -0.39 is 0 Å². The molecule has 1 atom stereocenters. The maximum atomic E-state index is 6.48. The molecule has 0 aromatic carbocycles. The van der Waals surface area contributed by atoms with Crippen LogP contribution in [0.15, 0.2) is 0 Å². The van der Waals surface area contributed by atoms with Crippen LogP contribution in [0, 0.1) is 5.41 Å². The number of hydrogen-bond acceptors (Lipinski definition) is 1. The lowest BCUT2D eigenvalue weighted by Crippen LogP contribution is -2.48. The minimum Gasteiger partial charge on any atom is -0.325 e. The average molecular weight is 183 g/mol. The van der Waals surface area contributed by atoms with Gasteiger partial charge in [-0.05, 0) is 24.7 Å². The van der Waals surface area contributed by atoms with E-state index in [4.69, 9.17) is 5.73 Å². The lowest BCUT2D eigenvalue weighted by molar-refractivity contribution is 0.190. The van der Waals surface area contributed by atoms with Gasteiger partial charge in [0.2, 0.25) is 0 Å². The molecule has 1 heteroatoms. The van der Waals surface area contributed by atoms with E-state index in [0.29, 0.717) is 5.41 Å². The Labute approximate surface area is 83.1 Å². The second-order valence-corrected chi connectivity index (χ2v) is 5.35. The molecule has 1 saturated carbocycles. The molecule has 1 aliphatic carbocycles. The summed E-state index contributed by atoms with van der Waals surface area (Å²) in [7, 11) is 0. The van der Waals surface area contributed by atoms with E-state index in [1.54, 1.807) is 0 Å². The minimum atomic E-state index is 0.141. The van der Waals surface area contributed by atoms with Crippen molar-refractivity contribution < 1.29 is 0 Å². The summed E-state index contributed by atoms with van der Waals surface area (Å²) >= 11 is 0. The zero-order chi connectivity index (χ0) is 9.95. The zero-order valence-electron chi connectivity index (χ0n) is 9.53. The Morgan fingerprint density at radius 3 is 2.31 bits per heavy atom. The largest absolute Gasteiger partial charge is 0.325 e. The second-order valence-electron chi connectivity index (χ2n) is 5.35. The summed E-state index contributed by atoms with van der Waals surface area (Å²) in [5.74, 6) is 0. The summed E-state index contributed by atoms with van der Waals surface area (Å²) < 4.78 is 0. The van der Waals surface area contributed by atoms with E-state index in [-0.39, 0.29) is 5.54 Å². The molecule has 1 fully saturated rings. The highest BCUT2D eigenvalue weighted by Gasteiger charge is 2.44. The van der Waals surface area contributed by atoms with Crippen LogP contribution in [-0.2, 0) is 0 Å². The van der Waals surface area contributed by atoms with Crippen LogP contribution in [0.4, 0.5) is 0 Å². The van der Waals surface area contributed by atoms with Crippen LogP contribution >= 0.6 is 0 Å². The molecule has 0 bridgehead atoms. The lowest BCUT2D eigenvalue weighted by atomic mass is 9.73. The summed E-state index contributed by atoms with van der Waals surface area (Å²) in [5, 5.41) is 0. The van der Waals surface area contributed by atoms with Gasteiger partial charge in [0.1, 0.15) is 0 Å². The fourth-order valence-electron chi connectivity index (χ4n) is 2.59. The van der Waals surface area contributed by atoms with Crippen LogP contribution in [0.5, 0.6) is 0 Å². The van der Waals surface area contributed by atoms with Gasteiger partial charge in [0.15, 0.2) is 0 Å². The molecule has 1 unspecified atom stereocenters. The Kier molecular flexibility index (Phi) is 3.39. The zero-order valence-corrected chi connectivity index (χ0v) is 9.53. The first-order valence-corrected chi connectivity index (χ1v) is 5.81. The maximum Gasteiger partial charge on any atom is 0.0206 e. The van der Waals surface area contributed by atoms with Crippen molar-refractivity contribution in [3.05, 3.63) is 0 Å². The van der Waals surface area contributed by atoms with Gasteiger partial charge in [0.05, 0.1) is 0 Å². The fourth-order valence-corrected chi connectivity index (χ4v) is 2.59. The number of nitrogens with two attached hydrogens (primary N) is 1. The Balaban J connectivity index is 2.45. The topological polar surface area (TPSA) is 26.0 Å². The summed E-state index contributed by atoms with van der Waals surface area (Å²) in [6, 6.07) is 0. The van der Waals surface area contributed by atoms with Gasteiger partial charge < -0.3 is 5.73 Å². The van der Waals surface area contributed by atoms with Gasteiger partial charge in [-0.2, -0.15) is 0 Å². The van der Waals surface area contributed by atoms with Crippen LogP contribution in [-0.4, -0.2) is 5.54 Å². The molecule has 0 aromatic rings. The molecule has 1 rings (SSSR count). The van der Waals surface area contributed by atoms with E-state index in [1.807, 2.05) is 0 Å². The second kappa shape index (κ2) is 4.00. The minimum absolute atomic E-state index is 0.141. The van der Waals surface area contributed by atoms with E-state index in [2.05, 4.69) is 20.8 Å². The number of hydrogen-bond donors (Lipinski definition) is 1. The molecular formula is C12H25N. The molecule has 0 aromatic heterocycles. The highest BCUT2D eigenvalue weighted by Crippen LogP contribution is 2.46. The summed E-state index contributed by atoms with van der Waals surface area (Å²) in [5.41, 5.74) is 6.99. The summed E-state index contributed by atoms with van der Waals surface area (Å²) in [6.07, 6.45) is 9.07. The molecule has 2 N–H and O–H groups in total. The Morgan fingerprint density at radius 2 is 1.85 bits per heavy atom. The van der Waals surface area contributed by atoms with Crippen LogP contribution in [0.1, 0.15) is 65.7 Å². The fraction of sp³-hybridized carbons (Fsp3) is 1.00. The SMILES string of the molecule is CCCCCC1(N)CCCC1(C)C. The van der Waals surface area contributed by atoms with Gasteiger partial charge in [0.25, 0.3) is 0 Å². The van der Waals surface area contributed by atoms with E-state index in [9.17, 15) is 0 Å². The van der Waals surface area contributed by atoms with Gasteiger partial charge in [-0.15, -0.1) is 0 Å². The molecule has 78 valence electrons. The molecule has 0 saturated heterocycles. The van der Waals surface area contributed by atoms with Crippen molar-refractivity contribution in [2.75, 3.05) is 0 Å². The highest BCUT2D eigenvalue weighted by molar-refractivity contribution is 5.02. The summed E-state index contributed by atoms with van der Waals surface area (Å²) in [6.45, 7) is 6.93. The van der Waals surface area contributed by atoms with E-state index in [1.165, 1.54) is 44.9 Å². The molecule has 0 heterocycles. The van der Waals surface area contributed by atoms with Crippen molar-refractivity contribution in [1.29, 1.82) is 0 Å². The third-order valence-corrected chi connectivity index (χ3v) is 4.00. The molecule has 0 amide bonds. The highest BCUT2D eigenvalue weighted by atomic mass is 14.8. The molecular weight excluding hydrogens is 158 g/mol. The van der Waals surface area contributed by atoms with Gasteiger partial charge in [-0.3, -0.25) is 0 Å². The molecule has 13 heavy (non-hydrogen) atoms. The van der Waals surface area contributed by atoms with E-state index >= 15 is 0 Å². The Bertz CT molecular complexity index is 163. The van der Waals surface area contributed by atoms with Crippen LogP contribution in [0.25, 0.3) is 0 Å². The molecule has 1 aliphatic rings. The normalized spacial score (nSPS) is 32.3. The molecule has 1 nitrogen and oxygen atoms in total. The van der Waals surface area contributed by atoms with Crippen LogP contribution in [0.3, 0.4) is 0 Å². The van der Waals surface area contributed by atoms with E-state index in [0.717, 1.165) is 0 Å². The quantitative estimate of drug-likeness (QED) is 0.663. The first-order valence-electron chi connectivity index (χ1n) is 5.81. The van der Waals surface area contributed by atoms with Gasteiger partial charge in [0, 0.05) is 5.54 Å². The maximum absolute atomic E-state index is 6.48. The standard InChI is InChI=1S/C12H25N/c1-4-5-6-9-12(13)10-7-8-11(12,2)3/h4-10,13H2,1-3H3. The first kappa shape index (κ1) is 11.0. The van der Waals surface area contributed by atoms with Crippen molar-refractivity contribution in [2.24, 2.45) is 11.1 Å². The smallest absolute Gasteiger partial charge is 0.0206 e. The van der Waals surface area contributed by atoms with Crippen molar-refractivity contribution >= 4 is 0 Å². The molecule has 0 radical (unpaired) electrons. The molecule has 0 aliphatic heterocycles.